The maximum Gasteiger partial charge on any atom is 0.417 e. The second kappa shape index (κ2) is 7.35. The van der Waals surface area contributed by atoms with Crippen molar-refractivity contribution >= 4 is 5.91 Å². The topological polar surface area (TPSA) is 55.6 Å². The lowest BCUT2D eigenvalue weighted by atomic mass is 9.75. The Hall–Kier alpha value is -1.74. The Balaban J connectivity index is 2.60. The lowest BCUT2D eigenvalue weighted by Crippen LogP contribution is -2.47. The van der Waals surface area contributed by atoms with Gasteiger partial charge in [-0.15, -0.1) is 0 Å². The molecule has 4 nitrogen and oxygen atoms in total. The van der Waals surface area contributed by atoms with Crippen LogP contribution in [0.3, 0.4) is 0 Å². The molecule has 0 aliphatic carbocycles. The van der Waals surface area contributed by atoms with E-state index in [4.69, 9.17) is 10.5 Å². The molecule has 4 unspecified atom stereocenters. The summed E-state index contributed by atoms with van der Waals surface area (Å²) in [4.78, 5) is 13.6. The number of hydrogen-bond acceptors (Lipinski definition) is 3. The maximum atomic E-state index is 14.5. The van der Waals surface area contributed by atoms with Gasteiger partial charge in [0, 0.05) is 18.4 Å². The van der Waals surface area contributed by atoms with Crippen molar-refractivity contribution in [1.82, 2.24) is 4.90 Å². The van der Waals surface area contributed by atoms with Gasteiger partial charge in [-0.2, -0.15) is 13.2 Å². The van der Waals surface area contributed by atoms with E-state index in [1.165, 1.54) is 13.0 Å². The van der Waals surface area contributed by atoms with E-state index in [1.807, 2.05) is 0 Å². The Morgan fingerprint density at radius 1 is 1.30 bits per heavy atom. The fourth-order valence-corrected chi connectivity index (χ4v) is 3.55. The first-order chi connectivity index (χ1) is 12.3. The highest BCUT2D eigenvalue weighted by molar-refractivity contribution is 5.81. The molecule has 4 atom stereocenters. The molecule has 2 rings (SSSR count). The molecule has 1 heterocycles. The largest absolute Gasteiger partial charge is 0.417 e. The average Bonchev–Trinajstić information content (AvgIpc) is 2.82. The van der Waals surface area contributed by atoms with Gasteiger partial charge in [-0.05, 0) is 44.6 Å². The zero-order valence-corrected chi connectivity index (χ0v) is 15.5. The molecule has 1 amide bonds. The van der Waals surface area contributed by atoms with Crippen LogP contribution in [0.1, 0.15) is 30.9 Å². The minimum atomic E-state index is -4.77. The molecule has 0 aromatic heterocycles. The Bertz CT molecular complexity index is 722. The molecule has 2 N–H and O–H groups in total. The molecule has 1 aromatic rings. The number of halogens is 5. The number of nitrogens with zero attached hydrogens (tertiary/aromatic N) is 1. The third kappa shape index (κ3) is 3.80. The molecule has 0 radical (unpaired) electrons. The number of ether oxygens (including phenoxy) is 1. The number of alkyl halides is 3. The van der Waals surface area contributed by atoms with E-state index in [1.54, 1.807) is 19.0 Å². The number of hydrogen-bond donors (Lipinski definition) is 1. The highest BCUT2D eigenvalue weighted by Gasteiger charge is 2.65. The van der Waals surface area contributed by atoms with Crippen LogP contribution < -0.4 is 5.73 Å². The van der Waals surface area contributed by atoms with Crippen LogP contribution >= 0.6 is 0 Å². The van der Waals surface area contributed by atoms with Crippen molar-refractivity contribution < 1.29 is 31.5 Å². The fraction of sp³-hybridized carbons (Fsp3) is 0.611. The predicted molar refractivity (Wildman–Crippen MR) is 89.0 cm³/mol. The summed E-state index contributed by atoms with van der Waals surface area (Å²) >= 11 is 0. The predicted octanol–water partition coefficient (Wildman–Crippen LogP) is 2.99. The standard InChI is InChI=1S/C18H23F5N2O2/c1-9-13(15(16(24)26)27-17(9,2)18(21,22)23)10-5-6-12(19)14(20)11(10)7-8-25(3)4/h5-6,9,13,15H,7-8H2,1-4H3,(H2,24,26). The minimum absolute atomic E-state index is 0.0589. The maximum absolute atomic E-state index is 14.5. The average molecular weight is 394 g/mol. The molecule has 0 spiro atoms. The zero-order valence-electron chi connectivity index (χ0n) is 15.5. The van der Waals surface area contributed by atoms with Crippen molar-refractivity contribution in [3.63, 3.8) is 0 Å². The summed E-state index contributed by atoms with van der Waals surface area (Å²) in [6.07, 6.45) is -6.31. The number of primary amides is 1. The van der Waals surface area contributed by atoms with Crippen LogP contribution in [0, 0.1) is 17.6 Å². The normalized spacial score (nSPS) is 28.7. The molecule has 0 bridgehead atoms. The van der Waals surface area contributed by atoms with Gasteiger partial charge in [0.05, 0.1) is 0 Å². The number of carbonyl (C=O) groups excluding carboxylic acids is 1. The van der Waals surface area contributed by atoms with Crippen LogP contribution in [-0.4, -0.2) is 49.3 Å². The molecule has 1 saturated heterocycles. The lowest BCUT2D eigenvalue weighted by molar-refractivity contribution is -0.272. The van der Waals surface area contributed by atoms with Crippen molar-refractivity contribution in [2.45, 2.75) is 44.1 Å². The molecule has 1 aliphatic rings. The van der Waals surface area contributed by atoms with Crippen molar-refractivity contribution in [3.8, 4) is 0 Å². The Morgan fingerprint density at radius 2 is 1.89 bits per heavy atom. The van der Waals surface area contributed by atoms with Crippen molar-refractivity contribution in [3.05, 3.63) is 34.9 Å². The number of amides is 1. The van der Waals surface area contributed by atoms with Crippen LogP contribution in [0.5, 0.6) is 0 Å². The van der Waals surface area contributed by atoms with E-state index >= 15 is 0 Å². The van der Waals surface area contributed by atoms with Gasteiger partial charge in [0.25, 0.3) is 0 Å². The quantitative estimate of drug-likeness (QED) is 0.782. The van der Waals surface area contributed by atoms with Gasteiger partial charge in [0.15, 0.2) is 17.2 Å². The van der Waals surface area contributed by atoms with E-state index in [-0.39, 0.29) is 17.5 Å². The second-order valence-corrected chi connectivity index (χ2v) is 7.34. The van der Waals surface area contributed by atoms with Gasteiger partial charge >= 0.3 is 6.18 Å². The van der Waals surface area contributed by atoms with Crippen molar-refractivity contribution in [2.75, 3.05) is 20.6 Å². The molecule has 1 aliphatic heterocycles. The highest BCUT2D eigenvalue weighted by Crippen LogP contribution is 2.53. The molecule has 1 fully saturated rings. The third-order valence-corrected chi connectivity index (χ3v) is 5.35. The van der Waals surface area contributed by atoms with Gasteiger partial charge in [0.2, 0.25) is 5.91 Å². The summed E-state index contributed by atoms with van der Waals surface area (Å²) in [6.45, 7) is 2.46. The summed E-state index contributed by atoms with van der Waals surface area (Å²) in [7, 11) is 3.45. The van der Waals surface area contributed by atoms with E-state index in [0.717, 1.165) is 13.0 Å². The fourth-order valence-electron chi connectivity index (χ4n) is 3.55. The van der Waals surface area contributed by atoms with Gasteiger partial charge in [-0.1, -0.05) is 13.0 Å². The summed E-state index contributed by atoms with van der Waals surface area (Å²) < 4.78 is 74.1. The van der Waals surface area contributed by atoms with Crippen LogP contribution in [0.25, 0.3) is 0 Å². The highest BCUT2D eigenvalue weighted by atomic mass is 19.4. The summed E-state index contributed by atoms with van der Waals surface area (Å²) in [5, 5.41) is 0. The smallest absolute Gasteiger partial charge is 0.367 e. The molecular formula is C18H23F5N2O2. The molecular weight excluding hydrogens is 371 g/mol. The number of carbonyl (C=O) groups is 1. The van der Waals surface area contributed by atoms with E-state index in [9.17, 15) is 26.7 Å². The van der Waals surface area contributed by atoms with Gasteiger partial charge in [-0.3, -0.25) is 4.79 Å². The number of rotatable bonds is 5. The number of nitrogens with two attached hydrogens (primary N) is 1. The molecule has 1 aromatic carbocycles. The van der Waals surface area contributed by atoms with Gasteiger partial charge < -0.3 is 15.4 Å². The van der Waals surface area contributed by atoms with Crippen molar-refractivity contribution in [2.24, 2.45) is 11.7 Å². The Morgan fingerprint density at radius 3 is 2.37 bits per heavy atom. The van der Waals surface area contributed by atoms with Crippen LogP contribution in [-0.2, 0) is 16.0 Å². The Kier molecular flexibility index (Phi) is 5.87. The Labute approximate surface area is 154 Å². The van der Waals surface area contributed by atoms with Crippen LogP contribution in [0.2, 0.25) is 0 Å². The van der Waals surface area contributed by atoms with Crippen LogP contribution in [0.4, 0.5) is 22.0 Å². The van der Waals surface area contributed by atoms with E-state index in [0.29, 0.717) is 6.54 Å². The van der Waals surface area contributed by atoms with Crippen LogP contribution in [0.15, 0.2) is 12.1 Å². The molecule has 152 valence electrons. The number of benzene rings is 1. The number of likely N-dealkylation sites (N-methyl/N-ethyl adjacent to an activating group) is 1. The molecule has 27 heavy (non-hydrogen) atoms. The van der Waals surface area contributed by atoms with Gasteiger partial charge in [-0.25, -0.2) is 8.78 Å². The summed E-state index contributed by atoms with van der Waals surface area (Å²) in [6, 6.07) is 2.06. The first kappa shape index (κ1) is 21.6. The lowest BCUT2D eigenvalue weighted by Gasteiger charge is -2.32. The molecule has 0 saturated carbocycles. The van der Waals surface area contributed by atoms with E-state index < -0.39 is 47.3 Å². The van der Waals surface area contributed by atoms with Gasteiger partial charge in [0.1, 0.15) is 6.10 Å². The zero-order chi connectivity index (χ0) is 20.7. The summed E-state index contributed by atoms with van der Waals surface area (Å²) in [5.74, 6) is -5.71. The molecule has 9 heteroatoms. The minimum Gasteiger partial charge on any atom is -0.367 e. The summed E-state index contributed by atoms with van der Waals surface area (Å²) in [5.41, 5.74) is 2.69. The second-order valence-electron chi connectivity index (χ2n) is 7.34. The van der Waals surface area contributed by atoms with Crippen molar-refractivity contribution in [1.29, 1.82) is 0 Å². The third-order valence-electron chi connectivity index (χ3n) is 5.35. The monoisotopic (exact) mass is 394 g/mol. The first-order valence-corrected chi connectivity index (χ1v) is 8.46. The first-order valence-electron chi connectivity index (χ1n) is 8.46. The van der Waals surface area contributed by atoms with E-state index in [2.05, 4.69) is 0 Å². The SMILES string of the molecule is CC1C(c2ccc(F)c(F)c2CCN(C)C)C(C(N)=O)OC1(C)C(F)(F)F.